The van der Waals surface area contributed by atoms with Crippen LogP contribution in [0.5, 0.6) is 5.75 Å². The van der Waals surface area contributed by atoms with E-state index in [1.807, 2.05) is 12.4 Å². The van der Waals surface area contributed by atoms with Gasteiger partial charge in [0.05, 0.1) is 11.6 Å². The fourth-order valence-corrected chi connectivity index (χ4v) is 3.84. The highest BCUT2D eigenvalue weighted by Crippen LogP contribution is 2.26. The lowest BCUT2D eigenvalue weighted by atomic mass is 10.1. The number of hydrogen-bond acceptors (Lipinski definition) is 5. The van der Waals surface area contributed by atoms with Gasteiger partial charge < -0.3 is 14.2 Å². The van der Waals surface area contributed by atoms with Crippen LogP contribution in [-0.2, 0) is 13.0 Å². The van der Waals surface area contributed by atoms with Gasteiger partial charge in [0.1, 0.15) is 11.9 Å². The minimum Gasteiger partial charge on any atom is -0.488 e. The highest BCUT2D eigenvalue weighted by molar-refractivity contribution is 6.31. The van der Waals surface area contributed by atoms with Crippen LogP contribution in [0.3, 0.4) is 0 Å². The van der Waals surface area contributed by atoms with Gasteiger partial charge in [0.15, 0.2) is 11.6 Å². The second-order valence-corrected chi connectivity index (χ2v) is 8.16. The Morgan fingerprint density at radius 2 is 1.81 bits per heavy atom. The zero-order chi connectivity index (χ0) is 22.7. The molecular formula is C23H23ClF2N4O2. The van der Waals surface area contributed by atoms with Gasteiger partial charge in [0.25, 0.3) is 5.56 Å². The topological polar surface area (TPSA) is 60.3 Å². The Labute approximate surface area is 189 Å². The van der Waals surface area contributed by atoms with Gasteiger partial charge in [0.2, 0.25) is 5.95 Å². The van der Waals surface area contributed by atoms with E-state index in [2.05, 4.69) is 21.8 Å². The number of piperidine rings is 1. The summed E-state index contributed by atoms with van der Waals surface area (Å²) >= 11 is 6.35. The average molecular weight is 461 g/mol. The van der Waals surface area contributed by atoms with Crippen molar-refractivity contribution < 1.29 is 13.5 Å². The molecule has 0 N–H and O–H groups in total. The maximum Gasteiger partial charge on any atom is 0.254 e. The van der Waals surface area contributed by atoms with Crippen molar-refractivity contribution in [1.82, 2.24) is 14.5 Å². The minimum absolute atomic E-state index is 0.0746. The van der Waals surface area contributed by atoms with Crippen LogP contribution in [0.1, 0.15) is 30.9 Å². The van der Waals surface area contributed by atoms with E-state index in [0.717, 1.165) is 50.0 Å². The molecule has 1 saturated heterocycles. The van der Waals surface area contributed by atoms with Gasteiger partial charge in [-0.3, -0.25) is 4.79 Å². The Morgan fingerprint density at radius 1 is 1.09 bits per heavy atom. The fourth-order valence-electron chi connectivity index (χ4n) is 3.62. The molecule has 1 aliphatic heterocycles. The number of hydrogen-bond donors (Lipinski definition) is 0. The first kappa shape index (κ1) is 22.2. The van der Waals surface area contributed by atoms with E-state index < -0.39 is 11.6 Å². The predicted molar refractivity (Wildman–Crippen MR) is 118 cm³/mol. The van der Waals surface area contributed by atoms with Gasteiger partial charge in [-0.2, -0.15) is 0 Å². The number of nitrogens with zero attached hydrogens (tertiary/aromatic N) is 4. The Hall–Kier alpha value is -3.00. The number of halogens is 3. The molecule has 0 radical (unpaired) electrons. The Morgan fingerprint density at radius 3 is 2.47 bits per heavy atom. The van der Waals surface area contributed by atoms with Crippen LogP contribution in [0.15, 0.2) is 47.7 Å². The summed E-state index contributed by atoms with van der Waals surface area (Å²) in [6.45, 7) is 3.61. The van der Waals surface area contributed by atoms with Gasteiger partial charge in [-0.25, -0.2) is 18.7 Å². The number of pyridine rings is 1. The molecule has 1 aromatic carbocycles. The maximum absolute atomic E-state index is 13.4. The van der Waals surface area contributed by atoms with Crippen molar-refractivity contribution in [2.75, 3.05) is 18.0 Å². The first-order valence-corrected chi connectivity index (χ1v) is 10.9. The standard InChI is InChI=1S/C23H23ClF2N4O2/c1-2-15-11-27-23(28-12-15)29-7-5-17(6-8-29)32-21-10-22(31)30(14-18(21)24)13-16-3-4-19(25)20(26)9-16/h3-4,9-12,14,17H,2,5-8,13H2,1H3. The molecule has 0 amide bonds. The summed E-state index contributed by atoms with van der Waals surface area (Å²) in [5, 5.41) is 0.285. The lowest BCUT2D eigenvalue weighted by Gasteiger charge is -2.32. The first-order chi connectivity index (χ1) is 15.4. The van der Waals surface area contributed by atoms with Crippen molar-refractivity contribution in [3.05, 3.63) is 81.0 Å². The van der Waals surface area contributed by atoms with E-state index in [1.54, 1.807) is 0 Å². The van der Waals surface area contributed by atoms with E-state index in [1.165, 1.54) is 22.9 Å². The molecule has 9 heteroatoms. The highest BCUT2D eigenvalue weighted by Gasteiger charge is 2.23. The number of benzene rings is 1. The van der Waals surface area contributed by atoms with Crippen molar-refractivity contribution in [1.29, 1.82) is 0 Å². The van der Waals surface area contributed by atoms with Crippen LogP contribution in [0.25, 0.3) is 0 Å². The van der Waals surface area contributed by atoms with Crippen LogP contribution in [0, 0.1) is 11.6 Å². The van der Waals surface area contributed by atoms with Crippen molar-refractivity contribution >= 4 is 17.5 Å². The first-order valence-electron chi connectivity index (χ1n) is 10.5. The zero-order valence-corrected chi connectivity index (χ0v) is 18.4. The molecule has 0 saturated carbocycles. The van der Waals surface area contributed by atoms with Crippen molar-refractivity contribution in [2.24, 2.45) is 0 Å². The van der Waals surface area contributed by atoms with Crippen LogP contribution in [0.4, 0.5) is 14.7 Å². The smallest absolute Gasteiger partial charge is 0.254 e. The molecule has 0 bridgehead atoms. The van der Waals surface area contributed by atoms with Gasteiger partial charge in [-0.05, 0) is 29.7 Å². The van der Waals surface area contributed by atoms with Crippen molar-refractivity contribution in [2.45, 2.75) is 38.8 Å². The summed E-state index contributed by atoms with van der Waals surface area (Å²) < 4.78 is 33.9. The summed E-state index contributed by atoms with van der Waals surface area (Å²) in [7, 11) is 0. The van der Waals surface area contributed by atoms with Gasteiger partial charge in [0, 0.05) is 50.6 Å². The number of aryl methyl sites for hydroxylation is 1. The summed E-state index contributed by atoms with van der Waals surface area (Å²) in [6, 6.07) is 4.86. The average Bonchev–Trinajstić information content (AvgIpc) is 2.80. The van der Waals surface area contributed by atoms with Gasteiger partial charge in [-0.1, -0.05) is 24.6 Å². The molecule has 1 fully saturated rings. The molecule has 1 aliphatic rings. The summed E-state index contributed by atoms with van der Waals surface area (Å²) in [6.07, 6.45) is 7.45. The lowest BCUT2D eigenvalue weighted by molar-refractivity contribution is 0.170. The number of rotatable bonds is 6. The fraction of sp³-hybridized carbons (Fsp3) is 0.348. The summed E-state index contributed by atoms with van der Waals surface area (Å²) in [4.78, 5) is 23.5. The quantitative estimate of drug-likeness (QED) is 0.551. The van der Waals surface area contributed by atoms with Crippen LogP contribution in [-0.4, -0.2) is 33.7 Å². The minimum atomic E-state index is -0.959. The SMILES string of the molecule is CCc1cnc(N2CCC(Oc3cc(=O)n(Cc4ccc(F)c(F)c4)cc3Cl)CC2)nc1. The second kappa shape index (κ2) is 9.65. The molecule has 0 spiro atoms. The molecule has 0 unspecified atom stereocenters. The molecule has 0 aliphatic carbocycles. The van der Waals surface area contributed by atoms with E-state index in [0.29, 0.717) is 17.3 Å². The molecule has 4 rings (SSSR count). The van der Waals surface area contributed by atoms with Crippen LogP contribution in [0.2, 0.25) is 5.02 Å². The summed E-state index contributed by atoms with van der Waals surface area (Å²) in [5.41, 5.74) is 1.22. The largest absolute Gasteiger partial charge is 0.488 e. The van der Waals surface area contributed by atoms with Crippen molar-refractivity contribution in [3.8, 4) is 5.75 Å². The molecule has 0 atom stereocenters. The van der Waals surface area contributed by atoms with E-state index in [4.69, 9.17) is 16.3 Å². The number of aromatic nitrogens is 3. The number of anilines is 1. The predicted octanol–water partition coefficient (Wildman–Crippen LogP) is 4.23. The second-order valence-electron chi connectivity index (χ2n) is 7.75. The van der Waals surface area contributed by atoms with Crippen LogP contribution >= 0.6 is 11.6 Å². The molecular weight excluding hydrogens is 438 g/mol. The molecule has 3 aromatic rings. The van der Waals surface area contributed by atoms with Gasteiger partial charge in [-0.15, -0.1) is 0 Å². The lowest BCUT2D eigenvalue weighted by Crippen LogP contribution is -2.39. The Bertz CT molecular complexity index is 1150. The van der Waals surface area contributed by atoms with Crippen LogP contribution < -0.4 is 15.2 Å². The summed E-state index contributed by atoms with van der Waals surface area (Å²) in [5.74, 6) is -0.864. The monoisotopic (exact) mass is 460 g/mol. The van der Waals surface area contributed by atoms with E-state index in [-0.39, 0.29) is 23.2 Å². The van der Waals surface area contributed by atoms with Gasteiger partial charge >= 0.3 is 0 Å². The third-order valence-electron chi connectivity index (χ3n) is 5.50. The Kier molecular flexibility index (Phi) is 6.69. The normalized spacial score (nSPS) is 14.6. The molecule has 3 heterocycles. The maximum atomic E-state index is 13.4. The third-order valence-corrected chi connectivity index (χ3v) is 5.78. The Balaban J connectivity index is 1.39. The van der Waals surface area contributed by atoms with Crippen molar-refractivity contribution in [3.63, 3.8) is 0 Å². The molecule has 32 heavy (non-hydrogen) atoms. The number of ether oxygens (including phenoxy) is 1. The van der Waals surface area contributed by atoms with E-state index >= 15 is 0 Å². The van der Waals surface area contributed by atoms with E-state index in [9.17, 15) is 13.6 Å². The molecule has 168 valence electrons. The zero-order valence-electron chi connectivity index (χ0n) is 17.6. The third kappa shape index (κ3) is 5.07. The molecule has 2 aromatic heterocycles. The molecule has 6 nitrogen and oxygen atoms in total. The highest BCUT2D eigenvalue weighted by atomic mass is 35.5.